The first-order chi connectivity index (χ1) is 6.24. The van der Waals surface area contributed by atoms with Gasteiger partial charge < -0.3 is 11.1 Å². The molecule has 0 aliphatic heterocycles. The van der Waals surface area contributed by atoms with Crippen molar-refractivity contribution >= 4 is 0 Å². The fourth-order valence-corrected chi connectivity index (χ4v) is 2.12. The Kier molecular flexibility index (Phi) is 4.74. The molecule has 1 aliphatic carbocycles. The Labute approximate surface area is 82.3 Å². The van der Waals surface area contributed by atoms with E-state index in [1.807, 2.05) is 0 Å². The Hall–Kier alpha value is -0.0800. The van der Waals surface area contributed by atoms with E-state index in [1.165, 1.54) is 32.2 Å². The highest BCUT2D eigenvalue weighted by Gasteiger charge is 2.17. The van der Waals surface area contributed by atoms with Crippen LogP contribution in [0.4, 0.5) is 0 Å². The maximum absolute atomic E-state index is 5.70. The highest BCUT2D eigenvalue weighted by atomic mass is 14.9. The average Bonchev–Trinajstić information content (AvgIpc) is 2.57. The number of rotatable bonds is 5. The molecule has 0 aromatic carbocycles. The molecule has 1 rings (SSSR count). The van der Waals surface area contributed by atoms with E-state index in [2.05, 4.69) is 19.2 Å². The second-order valence-corrected chi connectivity index (χ2v) is 4.64. The monoisotopic (exact) mass is 184 g/mol. The molecular formula is C11H24N2. The third-order valence-electron chi connectivity index (χ3n) is 3.20. The van der Waals surface area contributed by atoms with Crippen molar-refractivity contribution in [1.29, 1.82) is 0 Å². The molecule has 0 heterocycles. The van der Waals surface area contributed by atoms with Gasteiger partial charge in [0, 0.05) is 12.6 Å². The van der Waals surface area contributed by atoms with Crippen molar-refractivity contribution in [3.63, 3.8) is 0 Å². The van der Waals surface area contributed by atoms with Crippen molar-refractivity contribution in [3.05, 3.63) is 0 Å². The van der Waals surface area contributed by atoms with Crippen molar-refractivity contribution in [3.8, 4) is 0 Å². The van der Waals surface area contributed by atoms with Crippen LogP contribution in [0.2, 0.25) is 0 Å². The maximum Gasteiger partial charge on any atom is 0.0213 e. The first-order valence-corrected chi connectivity index (χ1v) is 5.67. The van der Waals surface area contributed by atoms with Crippen LogP contribution in [0.15, 0.2) is 0 Å². The van der Waals surface area contributed by atoms with Crippen LogP contribution < -0.4 is 11.1 Å². The molecule has 0 radical (unpaired) electrons. The van der Waals surface area contributed by atoms with Gasteiger partial charge in [-0.05, 0) is 31.2 Å². The predicted molar refractivity (Wildman–Crippen MR) is 57.6 cm³/mol. The normalized spacial score (nSPS) is 21.2. The summed E-state index contributed by atoms with van der Waals surface area (Å²) in [7, 11) is 0. The standard InChI is InChI=1S/C11H24N2/c1-9(2)11(7-12)13-8-10-5-3-4-6-10/h9-11,13H,3-8,12H2,1-2H3. The summed E-state index contributed by atoms with van der Waals surface area (Å²) in [4.78, 5) is 0. The van der Waals surface area contributed by atoms with Crippen LogP contribution in [-0.2, 0) is 0 Å². The van der Waals surface area contributed by atoms with Gasteiger partial charge in [0.2, 0.25) is 0 Å². The Balaban J connectivity index is 2.15. The minimum atomic E-state index is 0.514. The molecule has 0 aromatic rings. The van der Waals surface area contributed by atoms with Crippen LogP contribution >= 0.6 is 0 Å². The number of nitrogens with one attached hydrogen (secondary N) is 1. The van der Waals surface area contributed by atoms with Crippen molar-refractivity contribution < 1.29 is 0 Å². The zero-order valence-electron chi connectivity index (χ0n) is 9.05. The van der Waals surface area contributed by atoms with E-state index in [9.17, 15) is 0 Å². The number of nitrogens with two attached hydrogens (primary N) is 1. The Morgan fingerprint density at radius 2 is 1.92 bits per heavy atom. The van der Waals surface area contributed by atoms with Crippen molar-refractivity contribution in [2.24, 2.45) is 17.6 Å². The lowest BCUT2D eigenvalue weighted by Crippen LogP contribution is -2.42. The minimum absolute atomic E-state index is 0.514. The van der Waals surface area contributed by atoms with E-state index in [1.54, 1.807) is 0 Å². The summed E-state index contributed by atoms with van der Waals surface area (Å²) < 4.78 is 0. The van der Waals surface area contributed by atoms with Gasteiger partial charge in [-0.1, -0.05) is 26.7 Å². The van der Waals surface area contributed by atoms with E-state index in [-0.39, 0.29) is 0 Å². The third kappa shape index (κ3) is 3.65. The largest absolute Gasteiger partial charge is 0.329 e. The van der Waals surface area contributed by atoms with Crippen molar-refractivity contribution in [2.45, 2.75) is 45.6 Å². The smallest absolute Gasteiger partial charge is 0.0213 e. The van der Waals surface area contributed by atoms with Gasteiger partial charge in [0.1, 0.15) is 0 Å². The van der Waals surface area contributed by atoms with E-state index >= 15 is 0 Å². The molecule has 0 bridgehead atoms. The molecule has 1 unspecified atom stereocenters. The molecule has 0 saturated heterocycles. The summed E-state index contributed by atoms with van der Waals surface area (Å²) in [5.74, 6) is 1.58. The summed E-state index contributed by atoms with van der Waals surface area (Å²) in [6.45, 7) is 6.42. The molecule has 1 fully saturated rings. The molecule has 0 spiro atoms. The molecular weight excluding hydrogens is 160 g/mol. The molecule has 1 aliphatic rings. The fraction of sp³-hybridized carbons (Fsp3) is 1.00. The van der Waals surface area contributed by atoms with Gasteiger partial charge in [0.25, 0.3) is 0 Å². The van der Waals surface area contributed by atoms with Crippen LogP contribution in [0.5, 0.6) is 0 Å². The molecule has 2 nitrogen and oxygen atoms in total. The maximum atomic E-state index is 5.70. The zero-order chi connectivity index (χ0) is 9.68. The summed E-state index contributed by atoms with van der Waals surface area (Å²) >= 11 is 0. The molecule has 1 saturated carbocycles. The quantitative estimate of drug-likeness (QED) is 0.683. The van der Waals surface area contributed by atoms with Crippen LogP contribution in [0.3, 0.4) is 0 Å². The zero-order valence-corrected chi connectivity index (χ0v) is 9.05. The molecule has 78 valence electrons. The third-order valence-corrected chi connectivity index (χ3v) is 3.20. The fourth-order valence-electron chi connectivity index (χ4n) is 2.12. The molecule has 13 heavy (non-hydrogen) atoms. The van der Waals surface area contributed by atoms with E-state index in [0.717, 1.165) is 12.5 Å². The first kappa shape index (κ1) is 11.0. The van der Waals surface area contributed by atoms with Crippen LogP contribution in [0.25, 0.3) is 0 Å². The van der Waals surface area contributed by atoms with Crippen LogP contribution in [-0.4, -0.2) is 19.1 Å². The van der Waals surface area contributed by atoms with Gasteiger partial charge in [-0.2, -0.15) is 0 Å². The molecule has 0 amide bonds. The summed E-state index contributed by atoms with van der Waals surface area (Å²) in [5.41, 5.74) is 5.70. The molecule has 0 aromatic heterocycles. The summed E-state index contributed by atoms with van der Waals surface area (Å²) in [6.07, 6.45) is 5.70. The lowest BCUT2D eigenvalue weighted by Gasteiger charge is -2.22. The lowest BCUT2D eigenvalue weighted by molar-refractivity contribution is 0.369. The van der Waals surface area contributed by atoms with Gasteiger partial charge in [-0.15, -0.1) is 0 Å². The van der Waals surface area contributed by atoms with Gasteiger partial charge >= 0.3 is 0 Å². The Morgan fingerprint density at radius 3 is 2.38 bits per heavy atom. The van der Waals surface area contributed by atoms with Crippen LogP contribution in [0.1, 0.15) is 39.5 Å². The van der Waals surface area contributed by atoms with Gasteiger partial charge in [0.05, 0.1) is 0 Å². The second kappa shape index (κ2) is 5.61. The lowest BCUT2D eigenvalue weighted by atomic mass is 10.0. The van der Waals surface area contributed by atoms with E-state index in [4.69, 9.17) is 5.73 Å². The summed E-state index contributed by atoms with van der Waals surface area (Å²) in [6, 6.07) is 0.514. The minimum Gasteiger partial charge on any atom is -0.329 e. The first-order valence-electron chi connectivity index (χ1n) is 5.67. The van der Waals surface area contributed by atoms with Crippen molar-refractivity contribution in [1.82, 2.24) is 5.32 Å². The molecule has 2 heteroatoms. The Morgan fingerprint density at radius 1 is 1.31 bits per heavy atom. The number of hydrogen-bond acceptors (Lipinski definition) is 2. The topological polar surface area (TPSA) is 38.0 Å². The average molecular weight is 184 g/mol. The molecule has 1 atom stereocenters. The number of hydrogen-bond donors (Lipinski definition) is 2. The second-order valence-electron chi connectivity index (χ2n) is 4.64. The van der Waals surface area contributed by atoms with Gasteiger partial charge in [0.15, 0.2) is 0 Å². The van der Waals surface area contributed by atoms with E-state index in [0.29, 0.717) is 12.0 Å². The highest BCUT2D eigenvalue weighted by Crippen LogP contribution is 2.23. The highest BCUT2D eigenvalue weighted by molar-refractivity contribution is 4.75. The SMILES string of the molecule is CC(C)C(CN)NCC1CCCC1. The molecule has 3 N–H and O–H groups in total. The van der Waals surface area contributed by atoms with Crippen LogP contribution in [0, 0.1) is 11.8 Å². The van der Waals surface area contributed by atoms with E-state index < -0.39 is 0 Å². The van der Waals surface area contributed by atoms with Gasteiger partial charge in [-0.3, -0.25) is 0 Å². The summed E-state index contributed by atoms with van der Waals surface area (Å²) in [5, 5.41) is 3.59. The van der Waals surface area contributed by atoms with Gasteiger partial charge in [-0.25, -0.2) is 0 Å². The van der Waals surface area contributed by atoms with Crippen molar-refractivity contribution in [2.75, 3.05) is 13.1 Å². The Bertz CT molecular complexity index is 128. The predicted octanol–water partition coefficient (Wildman–Crippen LogP) is 1.75.